The van der Waals surface area contributed by atoms with Crippen molar-refractivity contribution in [2.75, 3.05) is 5.32 Å². The van der Waals surface area contributed by atoms with Gasteiger partial charge in [-0.05, 0) is 48.6 Å². The second-order valence-electron chi connectivity index (χ2n) is 4.22. The predicted molar refractivity (Wildman–Crippen MR) is 83.2 cm³/mol. The fourth-order valence-corrected chi connectivity index (χ4v) is 1.82. The van der Waals surface area contributed by atoms with E-state index in [1.807, 2.05) is 0 Å². The van der Waals surface area contributed by atoms with Crippen molar-refractivity contribution >= 4 is 34.6 Å². The van der Waals surface area contributed by atoms with Gasteiger partial charge in [0.1, 0.15) is 5.82 Å². The van der Waals surface area contributed by atoms with Gasteiger partial charge in [0.25, 0.3) is 11.6 Å². The van der Waals surface area contributed by atoms with Crippen LogP contribution in [0.4, 0.5) is 15.8 Å². The summed E-state index contributed by atoms with van der Waals surface area (Å²) >= 11 is 4.97. The fraction of sp³-hybridized carbons (Fsp3) is 0. The summed E-state index contributed by atoms with van der Waals surface area (Å²) in [5.74, 6) is -0.888. The minimum absolute atomic E-state index is 0.0370. The van der Waals surface area contributed by atoms with E-state index in [1.54, 1.807) is 0 Å². The highest BCUT2D eigenvalue weighted by molar-refractivity contribution is 7.80. The van der Waals surface area contributed by atoms with Gasteiger partial charge >= 0.3 is 0 Å². The van der Waals surface area contributed by atoms with Crippen LogP contribution in [0.5, 0.6) is 0 Å². The van der Waals surface area contributed by atoms with E-state index < -0.39 is 10.8 Å². The third kappa shape index (κ3) is 4.06. The topological polar surface area (TPSA) is 84.3 Å². The molecule has 2 aromatic carbocycles. The van der Waals surface area contributed by atoms with Gasteiger partial charge in [-0.15, -0.1) is 0 Å². The van der Waals surface area contributed by atoms with E-state index in [1.165, 1.54) is 48.5 Å². The van der Waals surface area contributed by atoms with E-state index >= 15 is 0 Å². The number of thiocarbonyl (C=S) groups is 1. The summed E-state index contributed by atoms with van der Waals surface area (Å²) in [7, 11) is 0. The third-order valence-corrected chi connectivity index (χ3v) is 2.87. The number of nitrogens with zero attached hydrogens (tertiary/aromatic N) is 1. The number of rotatable bonds is 3. The van der Waals surface area contributed by atoms with Crippen LogP contribution in [0.1, 0.15) is 10.4 Å². The third-order valence-electron chi connectivity index (χ3n) is 2.67. The number of benzene rings is 2. The van der Waals surface area contributed by atoms with Crippen LogP contribution >= 0.6 is 12.2 Å². The zero-order chi connectivity index (χ0) is 16.1. The Labute approximate surface area is 130 Å². The molecule has 0 saturated heterocycles. The number of carbonyl (C=O) groups excluding carboxylic acids is 1. The van der Waals surface area contributed by atoms with Gasteiger partial charge in [-0.3, -0.25) is 20.2 Å². The van der Waals surface area contributed by atoms with E-state index in [-0.39, 0.29) is 22.2 Å². The van der Waals surface area contributed by atoms with Crippen molar-refractivity contribution in [1.82, 2.24) is 5.32 Å². The molecular weight excluding hydrogens is 309 g/mol. The molecule has 0 aromatic heterocycles. The highest BCUT2D eigenvalue weighted by Gasteiger charge is 2.10. The van der Waals surface area contributed by atoms with Crippen LogP contribution in [0.25, 0.3) is 0 Å². The quantitative estimate of drug-likeness (QED) is 0.516. The van der Waals surface area contributed by atoms with Crippen LogP contribution in [0.2, 0.25) is 0 Å². The molecule has 0 aliphatic heterocycles. The lowest BCUT2D eigenvalue weighted by atomic mass is 10.2. The Kier molecular flexibility index (Phi) is 4.74. The summed E-state index contributed by atoms with van der Waals surface area (Å²) < 4.78 is 12.8. The number of halogens is 1. The molecule has 0 bridgehead atoms. The second kappa shape index (κ2) is 6.72. The number of nitrogens with one attached hydrogen (secondary N) is 2. The average molecular weight is 319 g/mol. The maximum atomic E-state index is 12.8. The van der Waals surface area contributed by atoms with Gasteiger partial charge in [-0.25, -0.2) is 4.39 Å². The molecule has 0 saturated carbocycles. The van der Waals surface area contributed by atoms with E-state index in [4.69, 9.17) is 12.2 Å². The SMILES string of the molecule is O=C(NC(=S)Nc1ccc(F)cc1)c1ccc([N+](=O)[O-])cc1. The molecule has 0 spiro atoms. The average Bonchev–Trinajstić information content (AvgIpc) is 2.49. The maximum Gasteiger partial charge on any atom is 0.269 e. The molecule has 0 heterocycles. The molecule has 2 aromatic rings. The Morgan fingerprint density at radius 3 is 2.23 bits per heavy atom. The Morgan fingerprint density at radius 1 is 1.09 bits per heavy atom. The standard InChI is InChI=1S/C14H10FN3O3S/c15-10-3-5-11(6-4-10)16-14(22)17-13(19)9-1-7-12(8-2-9)18(20)21/h1-8H,(H2,16,17,19,22). The summed E-state index contributed by atoms with van der Waals surface area (Å²) in [6.07, 6.45) is 0. The summed E-state index contributed by atoms with van der Waals surface area (Å²) in [4.78, 5) is 21.9. The minimum atomic E-state index is -0.553. The molecule has 2 N–H and O–H groups in total. The van der Waals surface area contributed by atoms with Gasteiger partial charge in [0.2, 0.25) is 0 Å². The maximum absolute atomic E-state index is 12.8. The lowest BCUT2D eigenvalue weighted by Gasteiger charge is -2.09. The van der Waals surface area contributed by atoms with Crippen molar-refractivity contribution in [3.63, 3.8) is 0 Å². The van der Waals surface area contributed by atoms with Gasteiger partial charge in [-0.1, -0.05) is 0 Å². The number of amides is 1. The number of nitro benzene ring substituents is 1. The van der Waals surface area contributed by atoms with Crippen LogP contribution in [0.15, 0.2) is 48.5 Å². The van der Waals surface area contributed by atoms with Crippen molar-refractivity contribution in [2.24, 2.45) is 0 Å². The predicted octanol–water partition coefficient (Wildman–Crippen LogP) is 2.86. The Morgan fingerprint density at radius 2 is 1.68 bits per heavy atom. The monoisotopic (exact) mass is 319 g/mol. The molecule has 0 fully saturated rings. The molecule has 0 atom stereocenters. The van der Waals surface area contributed by atoms with Crippen molar-refractivity contribution < 1.29 is 14.1 Å². The van der Waals surface area contributed by atoms with E-state index in [0.29, 0.717) is 5.69 Å². The van der Waals surface area contributed by atoms with E-state index in [9.17, 15) is 19.3 Å². The molecule has 22 heavy (non-hydrogen) atoms. The molecule has 112 valence electrons. The summed E-state index contributed by atoms with van der Waals surface area (Å²) in [6.45, 7) is 0. The zero-order valence-corrected chi connectivity index (χ0v) is 11.9. The Bertz CT molecular complexity index is 717. The number of non-ortho nitro benzene ring substituents is 1. The largest absolute Gasteiger partial charge is 0.332 e. The normalized spacial score (nSPS) is 9.86. The number of carbonyl (C=O) groups is 1. The molecule has 0 aliphatic carbocycles. The number of anilines is 1. The molecule has 0 radical (unpaired) electrons. The fourth-order valence-electron chi connectivity index (χ4n) is 1.61. The summed E-state index contributed by atoms with van der Waals surface area (Å²) in [5, 5.41) is 15.7. The first-order chi connectivity index (χ1) is 10.5. The molecular formula is C14H10FN3O3S. The number of nitro groups is 1. The van der Waals surface area contributed by atoms with Crippen LogP contribution < -0.4 is 10.6 Å². The van der Waals surface area contributed by atoms with Gasteiger partial charge in [-0.2, -0.15) is 0 Å². The lowest BCUT2D eigenvalue weighted by Crippen LogP contribution is -2.34. The number of hydrogen-bond donors (Lipinski definition) is 2. The molecule has 6 nitrogen and oxygen atoms in total. The van der Waals surface area contributed by atoms with Crippen molar-refractivity contribution in [1.29, 1.82) is 0 Å². The highest BCUT2D eigenvalue weighted by atomic mass is 32.1. The minimum Gasteiger partial charge on any atom is -0.332 e. The Balaban J connectivity index is 1.97. The van der Waals surface area contributed by atoms with Crippen molar-refractivity contribution in [2.45, 2.75) is 0 Å². The van der Waals surface area contributed by atoms with Crippen LogP contribution in [0.3, 0.4) is 0 Å². The van der Waals surface area contributed by atoms with Crippen molar-refractivity contribution in [3.8, 4) is 0 Å². The Hall–Kier alpha value is -2.87. The van der Waals surface area contributed by atoms with Crippen LogP contribution in [-0.4, -0.2) is 15.9 Å². The number of hydrogen-bond acceptors (Lipinski definition) is 4. The van der Waals surface area contributed by atoms with Gasteiger partial charge in [0, 0.05) is 23.4 Å². The first-order valence-corrected chi connectivity index (χ1v) is 6.49. The molecule has 2 rings (SSSR count). The molecule has 0 unspecified atom stereocenters. The summed E-state index contributed by atoms with van der Waals surface area (Å²) in [5.41, 5.74) is 0.646. The lowest BCUT2D eigenvalue weighted by molar-refractivity contribution is -0.384. The molecule has 1 amide bonds. The van der Waals surface area contributed by atoms with Gasteiger partial charge < -0.3 is 5.32 Å². The molecule has 0 aliphatic rings. The highest BCUT2D eigenvalue weighted by Crippen LogP contribution is 2.12. The van der Waals surface area contributed by atoms with Crippen molar-refractivity contribution in [3.05, 3.63) is 70.0 Å². The van der Waals surface area contributed by atoms with Gasteiger partial charge in [0.05, 0.1) is 4.92 Å². The second-order valence-corrected chi connectivity index (χ2v) is 4.63. The van der Waals surface area contributed by atoms with Crippen LogP contribution in [-0.2, 0) is 0 Å². The molecule has 8 heteroatoms. The smallest absolute Gasteiger partial charge is 0.269 e. The van der Waals surface area contributed by atoms with E-state index in [2.05, 4.69) is 10.6 Å². The first kappa shape index (κ1) is 15.5. The van der Waals surface area contributed by atoms with Crippen LogP contribution in [0, 0.1) is 15.9 Å². The van der Waals surface area contributed by atoms with Gasteiger partial charge in [0.15, 0.2) is 5.11 Å². The summed E-state index contributed by atoms with van der Waals surface area (Å²) in [6, 6.07) is 10.6. The van der Waals surface area contributed by atoms with E-state index in [0.717, 1.165) is 0 Å². The zero-order valence-electron chi connectivity index (χ0n) is 11.1. The first-order valence-electron chi connectivity index (χ1n) is 6.08.